The van der Waals surface area contributed by atoms with Gasteiger partial charge in [0, 0.05) is 18.0 Å². The van der Waals surface area contributed by atoms with Crippen LogP contribution < -0.4 is 5.32 Å². The molecule has 0 atom stereocenters. The molecule has 6 nitrogen and oxygen atoms in total. The number of hydrogen-bond donors (Lipinski definition) is 1. The maximum Gasteiger partial charge on any atom is 0.255 e. The van der Waals surface area contributed by atoms with Gasteiger partial charge in [0.25, 0.3) is 11.8 Å². The zero-order valence-electron chi connectivity index (χ0n) is 15.0. The fraction of sp³-hybridized carbons (Fsp3) is 0.300. The van der Waals surface area contributed by atoms with Crippen LogP contribution in [0.1, 0.15) is 48.4 Å². The third-order valence-corrected chi connectivity index (χ3v) is 4.99. The van der Waals surface area contributed by atoms with Crippen molar-refractivity contribution in [1.29, 1.82) is 0 Å². The smallest absolute Gasteiger partial charge is 0.255 e. The molecule has 0 spiro atoms. The zero-order chi connectivity index (χ0) is 19.6. The van der Waals surface area contributed by atoms with Crippen LogP contribution in [0.4, 0.5) is 8.78 Å². The third kappa shape index (κ3) is 3.49. The molecule has 1 N–H and O–H groups in total. The molecule has 1 amide bonds. The van der Waals surface area contributed by atoms with Gasteiger partial charge in [0.15, 0.2) is 0 Å². The summed E-state index contributed by atoms with van der Waals surface area (Å²) in [5.74, 6) is -1.55. The van der Waals surface area contributed by atoms with Gasteiger partial charge < -0.3 is 9.84 Å². The number of hydrogen-bond acceptors (Lipinski definition) is 5. The van der Waals surface area contributed by atoms with Crippen LogP contribution in [-0.2, 0) is 5.54 Å². The van der Waals surface area contributed by atoms with Crippen molar-refractivity contribution in [3.63, 3.8) is 0 Å². The molecule has 2 aromatic heterocycles. The minimum absolute atomic E-state index is 0.260. The van der Waals surface area contributed by atoms with E-state index in [9.17, 15) is 13.6 Å². The molecule has 1 aromatic carbocycles. The third-order valence-electron chi connectivity index (χ3n) is 4.99. The first kappa shape index (κ1) is 18.2. The predicted molar refractivity (Wildman–Crippen MR) is 96.1 cm³/mol. The van der Waals surface area contributed by atoms with Gasteiger partial charge in [-0.05, 0) is 43.2 Å². The molecule has 2 heterocycles. The Morgan fingerprint density at radius 1 is 1.14 bits per heavy atom. The Labute approximate surface area is 160 Å². The van der Waals surface area contributed by atoms with E-state index in [2.05, 4.69) is 20.4 Å². The quantitative estimate of drug-likeness (QED) is 0.735. The minimum atomic E-state index is -0.915. The van der Waals surface area contributed by atoms with Gasteiger partial charge in [-0.15, -0.1) is 0 Å². The molecule has 8 heteroatoms. The van der Waals surface area contributed by atoms with Crippen molar-refractivity contribution in [1.82, 2.24) is 20.4 Å². The number of nitrogens with one attached hydrogen (secondary N) is 1. The molecule has 144 valence electrons. The molecule has 0 unspecified atom stereocenters. The van der Waals surface area contributed by atoms with Crippen molar-refractivity contribution in [2.45, 2.75) is 37.6 Å². The number of benzene rings is 1. The summed E-state index contributed by atoms with van der Waals surface area (Å²) in [5.41, 5.74) is -0.579. The van der Waals surface area contributed by atoms with E-state index < -0.39 is 23.1 Å². The van der Waals surface area contributed by atoms with E-state index in [4.69, 9.17) is 4.52 Å². The predicted octanol–water partition coefficient (Wildman–Crippen LogP) is 4.00. The van der Waals surface area contributed by atoms with Crippen LogP contribution in [0.2, 0.25) is 0 Å². The average Bonchev–Trinajstić information content (AvgIpc) is 3.22. The van der Waals surface area contributed by atoms with E-state index in [1.165, 1.54) is 0 Å². The van der Waals surface area contributed by atoms with Gasteiger partial charge in [-0.25, -0.2) is 8.78 Å². The number of carbonyl (C=O) groups is 1. The van der Waals surface area contributed by atoms with Gasteiger partial charge in [0.1, 0.15) is 17.2 Å². The van der Waals surface area contributed by atoms with Crippen LogP contribution in [-0.4, -0.2) is 21.0 Å². The Hall–Kier alpha value is -3.16. The molecule has 0 aliphatic heterocycles. The van der Waals surface area contributed by atoms with E-state index in [1.54, 1.807) is 24.5 Å². The van der Waals surface area contributed by atoms with E-state index in [0.29, 0.717) is 24.2 Å². The molecule has 1 fully saturated rings. The molecule has 1 aliphatic rings. The number of nitrogens with zero attached hydrogens (tertiary/aromatic N) is 3. The molecule has 0 saturated heterocycles. The summed E-state index contributed by atoms with van der Waals surface area (Å²) in [6, 6.07) is 6.36. The lowest BCUT2D eigenvalue weighted by Crippen LogP contribution is -2.47. The summed E-state index contributed by atoms with van der Waals surface area (Å²) in [6.45, 7) is 0. The van der Waals surface area contributed by atoms with Crippen LogP contribution in [0, 0.1) is 11.6 Å². The summed E-state index contributed by atoms with van der Waals surface area (Å²) >= 11 is 0. The monoisotopic (exact) mass is 384 g/mol. The molecule has 1 saturated carbocycles. The summed E-state index contributed by atoms with van der Waals surface area (Å²) in [5, 5.41) is 6.85. The van der Waals surface area contributed by atoms with Crippen LogP contribution in [0.5, 0.6) is 0 Å². The fourth-order valence-corrected chi connectivity index (χ4v) is 3.53. The lowest BCUT2D eigenvalue weighted by atomic mass is 9.81. The topological polar surface area (TPSA) is 80.9 Å². The first-order chi connectivity index (χ1) is 13.6. The molecule has 28 heavy (non-hydrogen) atoms. The number of aromatic nitrogens is 3. The second-order valence-corrected chi connectivity index (χ2v) is 6.89. The summed E-state index contributed by atoms with van der Waals surface area (Å²) < 4.78 is 33.0. The lowest BCUT2D eigenvalue weighted by molar-refractivity contribution is 0.0820. The number of rotatable bonds is 4. The Balaban J connectivity index is 1.67. The second-order valence-electron chi connectivity index (χ2n) is 6.89. The maximum absolute atomic E-state index is 14.0. The largest absolute Gasteiger partial charge is 0.338 e. The van der Waals surface area contributed by atoms with Crippen molar-refractivity contribution >= 4 is 5.91 Å². The molecular weight excluding hydrogens is 366 g/mol. The normalized spacial score (nSPS) is 15.9. The SMILES string of the molecule is O=C(NC1(c2nc(-c3cccnc3)no2)CCCCC1)c1cc(F)ccc1F. The highest BCUT2D eigenvalue weighted by Crippen LogP contribution is 2.37. The van der Waals surface area contributed by atoms with Gasteiger partial charge in [0.05, 0.1) is 5.56 Å². The number of pyridine rings is 1. The van der Waals surface area contributed by atoms with E-state index in [1.807, 2.05) is 0 Å². The first-order valence-corrected chi connectivity index (χ1v) is 9.10. The van der Waals surface area contributed by atoms with Crippen LogP contribution in [0.3, 0.4) is 0 Å². The van der Waals surface area contributed by atoms with Crippen LogP contribution >= 0.6 is 0 Å². The number of amides is 1. The summed E-state index contributed by atoms with van der Waals surface area (Å²) in [7, 11) is 0. The molecular formula is C20H18F2N4O2. The standard InChI is InChI=1S/C20H18F2N4O2/c21-14-6-7-16(22)15(11-14)18(27)25-20(8-2-1-3-9-20)19-24-17(26-28-19)13-5-4-10-23-12-13/h4-7,10-12H,1-3,8-9H2,(H,25,27). The highest BCUT2D eigenvalue weighted by atomic mass is 19.1. The maximum atomic E-state index is 14.0. The van der Waals surface area contributed by atoms with Crippen LogP contribution in [0.15, 0.2) is 47.2 Å². The van der Waals surface area contributed by atoms with Crippen molar-refractivity contribution in [3.8, 4) is 11.4 Å². The lowest BCUT2D eigenvalue weighted by Gasteiger charge is -2.34. The van der Waals surface area contributed by atoms with Gasteiger partial charge in [0.2, 0.25) is 5.82 Å². The Kier molecular flexibility index (Phi) is 4.85. The van der Waals surface area contributed by atoms with Gasteiger partial charge in [-0.1, -0.05) is 24.4 Å². The fourth-order valence-electron chi connectivity index (χ4n) is 3.53. The van der Waals surface area contributed by atoms with Crippen molar-refractivity contribution in [2.75, 3.05) is 0 Å². The van der Waals surface area contributed by atoms with Crippen molar-refractivity contribution in [3.05, 3.63) is 65.8 Å². The first-order valence-electron chi connectivity index (χ1n) is 9.10. The minimum Gasteiger partial charge on any atom is -0.338 e. The Morgan fingerprint density at radius 3 is 2.71 bits per heavy atom. The Bertz CT molecular complexity index is 985. The van der Waals surface area contributed by atoms with Gasteiger partial charge >= 0.3 is 0 Å². The molecule has 1 aliphatic carbocycles. The molecule has 0 bridgehead atoms. The summed E-state index contributed by atoms with van der Waals surface area (Å²) in [4.78, 5) is 21.2. The number of carbonyl (C=O) groups excluding carboxylic acids is 1. The van der Waals surface area contributed by atoms with Crippen molar-refractivity contribution < 1.29 is 18.1 Å². The van der Waals surface area contributed by atoms with Crippen molar-refractivity contribution in [2.24, 2.45) is 0 Å². The van der Waals surface area contributed by atoms with Gasteiger partial charge in [-0.2, -0.15) is 4.98 Å². The molecule has 0 radical (unpaired) electrons. The van der Waals surface area contributed by atoms with E-state index >= 15 is 0 Å². The summed E-state index contributed by atoms with van der Waals surface area (Å²) in [6.07, 6.45) is 7.10. The average molecular weight is 384 g/mol. The van der Waals surface area contributed by atoms with E-state index in [0.717, 1.165) is 37.5 Å². The zero-order valence-corrected chi connectivity index (χ0v) is 15.0. The molecule has 4 rings (SSSR count). The highest BCUT2D eigenvalue weighted by molar-refractivity contribution is 5.95. The van der Waals surface area contributed by atoms with Gasteiger partial charge in [-0.3, -0.25) is 9.78 Å². The second kappa shape index (κ2) is 7.46. The van der Waals surface area contributed by atoms with E-state index in [-0.39, 0.29) is 11.5 Å². The molecule has 3 aromatic rings. The Morgan fingerprint density at radius 2 is 1.96 bits per heavy atom. The highest BCUT2D eigenvalue weighted by Gasteiger charge is 2.41. The number of halogens is 2. The van der Waals surface area contributed by atoms with Crippen LogP contribution in [0.25, 0.3) is 11.4 Å².